The van der Waals surface area contributed by atoms with Gasteiger partial charge in [-0.15, -0.1) is 0 Å². The Bertz CT molecular complexity index is 460. The number of ether oxygens (including phenoxy) is 1. The van der Waals surface area contributed by atoms with Crippen LogP contribution in [0.5, 0.6) is 0 Å². The average molecular weight is 311 g/mol. The van der Waals surface area contributed by atoms with E-state index in [9.17, 15) is 9.59 Å². The standard InChI is InChI=1S/C14H21N3O3S/c1-3-9(2)17-13(19)11(12(18)16-14(17)21)8-15-7-10-5-4-6-20-10/h8-11H,3-7H2,1-2H3,(H,16,18,21)/t9-,10+,11-/m0/s1. The quantitative estimate of drug-likeness (QED) is 0.465. The molecule has 1 N–H and O–H groups in total. The smallest absolute Gasteiger partial charge is 0.247 e. The Morgan fingerprint density at radius 3 is 2.95 bits per heavy atom. The van der Waals surface area contributed by atoms with Gasteiger partial charge in [-0.25, -0.2) is 0 Å². The Morgan fingerprint density at radius 2 is 2.33 bits per heavy atom. The van der Waals surface area contributed by atoms with E-state index in [1.807, 2.05) is 13.8 Å². The molecule has 6 nitrogen and oxygen atoms in total. The second-order valence-electron chi connectivity index (χ2n) is 5.39. The van der Waals surface area contributed by atoms with Gasteiger partial charge in [0.15, 0.2) is 11.0 Å². The van der Waals surface area contributed by atoms with Gasteiger partial charge in [0, 0.05) is 18.9 Å². The molecule has 0 aromatic heterocycles. The maximum absolute atomic E-state index is 12.4. The van der Waals surface area contributed by atoms with Crippen LogP contribution in [0.1, 0.15) is 33.1 Å². The summed E-state index contributed by atoms with van der Waals surface area (Å²) >= 11 is 5.09. The van der Waals surface area contributed by atoms with Crippen LogP contribution in [0.4, 0.5) is 0 Å². The van der Waals surface area contributed by atoms with Gasteiger partial charge in [-0.2, -0.15) is 0 Å². The largest absolute Gasteiger partial charge is 0.376 e. The molecular formula is C14H21N3O3S. The summed E-state index contributed by atoms with van der Waals surface area (Å²) in [6.07, 6.45) is 4.32. The maximum atomic E-state index is 12.4. The van der Waals surface area contributed by atoms with Gasteiger partial charge in [-0.1, -0.05) is 6.92 Å². The molecule has 3 atom stereocenters. The van der Waals surface area contributed by atoms with Crippen LogP contribution in [0.2, 0.25) is 0 Å². The number of hydrogen-bond donors (Lipinski definition) is 1. The van der Waals surface area contributed by atoms with Crippen LogP contribution in [-0.2, 0) is 14.3 Å². The number of amides is 2. The minimum Gasteiger partial charge on any atom is -0.376 e. The predicted octanol–water partition coefficient (Wildman–Crippen LogP) is 0.894. The van der Waals surface area contributed by atoms with Gasteiger partial charge in [0.25, 0.3) is 0 Å². The molecule has 0 aliphatic carbocycles. The van der Waals surface area contributed by atoms with Crippen LogP contribution in [0, 0.1) is 5.92 Å². The number of hydrogen-bond acceptors (Lipinski definition) is 5. The zero-order valence-electron chi connectivity index (χ0n) is 12.4. The lowest BCUT2D eigenvalue weighted by molar-refractivity contribution is -0.139. The molecule has 0 spiro atoms. The minimum absolute atomic E-state index is 0.0420. The van der Waals surface area contributed by atoms with Crippen LogP contribution in [0.15, 0.2) is 4.99 Å². The van der Waals surface area contributed by atoms with Gasteiger partial charge in [0.2, 0.25) is 11.8 Å². The van der Waals surface area contributed by atoms with Gasteiger partial charge >= 0.3 is 0 Å². The van der Waals surface area contributed by atoms with Crippen molar-refractivity contribution in [3.63, 3.8) is 0 Å². The van der Waals surface area contributed by atoms with Crippen LogP contribution < -0.4 is 5.32 Å². The van der Waals surface area contributed by atoms with Crippen LogP contribution >= 0.6 is 12.2 Å². The van der Waals surface area contributed by atoms with Gasteiger partial charge in [-0.3, -0.25) is 19.5 Å². The van der Waals surface area contributed by atoms with Crippen LogP contribution in [0.3, 0.4) is 0 Å². The third-order valence-corrected chi connectivity index (χ3v) is 4.15. The maximum Gasteiger partial charge on any atom is 0.247 e. The molecule has 2 aliphatic heterocycles. The van der Waals surface area contributed by atoms with E-state index in [-0.39, 0.29) is 23.2 Å². The van der Waals surface area contributed by atoms with Crippen molar-refractivity contribution in [1.82, 2.24) is 10.2 Å². The Kier molecular flexibility index (Phi) is 5.41. The lowest BCUT2D eigenvalue weighted by Gasteiger charge is -2.34. The first-order valence-electron chi connectivity index (χ1n) is 7.34. The second kappa shape index (κ2) is 7.09. The van der Waals surface area contributed by atoms with E-state index in [0.717, 1.165) is 25.9 Å². The molecule has 2 fully saturated rings. The Morgan fingerprint density at radius 1 is 1.57 bits per heavy atom. The van der Waals surface area contributed by atoms with Crippen molar-refractivity contribution >= 4 is 35.4 Å². The summed E-state index contributed by atoms with van der Waals surface area (Å²) in [4.78, 5) is 30.1. The molecule has 0 radical (unpaired) electrons. The van der Waals surface area contributed by atoms with Gasteiger partial charge in [0.05, 0.1) is 12.6 Å². The van der Waals surface area contributed by atoms with Crippen LogP contribution in [0.25, 0.3) is 0 Å². The first-order chi connectivity index (χ1) is 10.0. The number of carbonyl (C=O) groups excluding carboxylic acids is 2. The van der Waals surface area contributed by atoms with Crippen molar-refractivity contribution in [2.45, 2.75) is 45.3 Å². The van der Waals surface area contributed by atoms with E-state index in [0.29, 0.717) is 6.54 Å². The molecule has 0 aromatic carbocycles. The van der Waals surface area contributed by atoms with Gasteiger partial charge < -0.3 is 10.1 Å². The van der Waals surface area contributed by atoms with Gasteiger partial charge in [-0.05, 0) is 38.4 Å². The molecule has 2 rings (SSSR count). The summed E-state index contributed by atoms with van der Waals surface area (Å²) in [5, 5.41) is 2.76. The van der Waals surface area contributed by atoms with Crippen molar-refractivity contribution in [2.75, 3.05) is 13.2 Å². The summed E-state index contributed by atoms with van der Waals surface area (Å²) in [5.41, 5.74) is 0. The topological polar surface area (TPSA) is 71.0 Å². The fourth-order valence-electron chi connectivity index (χ4n) is 2.41. The molecule has 2 aliphatic rings. The van der Waals surface area contributed by atoms with Crippen LogP contribution in [-0.4, -0.2) is 53.3 Å². The summed E-state index contributed by atoms with van der Waals surface area (Å²) in [6.45, 7) is 5.13. The minimum atomic E-state index is -0.896. The van der Waals surface area contributed by atoms with E-state index in [1.54, 1.807) is 0 Å². The number of rotatable bonds is 5. The molecule has 0 bridgehead atoms. The molecule has 116 valence electrons. The second-order valence-corrected chi connectivity index (χ2v) is 5.77. The van der Waals surface area contributed by atoms with Crippen molar-refractivity contribution in [2.24, 2.45) is 10.9 Å². The molecule has 2 saturated heterocycles. The Hall–Kier alpha value is -1.34. The lowest BCUT2D eigenvalue weighted by Crippen LogP contribution is -2.60. The number of aliphatic imine (C=N–C) groups is 1. The molecule has 0 saturated carbocycles. The normalized spacial score (nSPS) is 28.3. The predicted molar refractivity (Wildman–Crippen MR) is 83.2 cm³/mol. The van der Waals surface area contributed by atoms with E-state index >= 15 is 0 Å². The highest BCUT2D eigenvalue weighted by molar-refractivity contribution is 7.80. The van der Waals surface area contributed by atoms with Crippen molar-refractivity contribution < 1.29 is 14.3 Å². The number of nitrogens with one attached hydrogen (secondary N) is 1. The Balaban J connectivity index is 2.02. The first kappa shape index (κ1) is 16.0. The summed E-state index contributed by atoms with van der Waals surface area (Å²) in [6, 6.07) is -0.0420. The molecule has 0 unspecified atom stereocenters. The fourth-order valence-corrected chi connectivity index (χ4v) is 2.78. The third-order valence-electron chi connectivity index (χ3n) is 3.85. The zero-order valence-corrected chi connectivity index (χ0v) is 13.2. The molecule has 0 aromatic rings. The zero-order chi connectivity index (χ0) is 15.4. The van der Waals surface area contributed by atoms with E-state index in [1.165, 1.54) is 11.1 Å². The summed E-state index contributed by atoms with van der Waals surface area (Å²) in [7, 11) is 0. The molecular weight excluding hydrogens is 290 g/mol. The van der Waals surface area contributed by atoms with E-state index < -0.39 is 11.8 Å². The highest BCUT2D eigenvalue weighted by Gasteiger charge is 2.39. The SMILES string of the molecule is CC[C@H](C)N1C(=O)[C@@H](C=NC[C@H]2CCCO2)C(=O)NC1=S. The van der Waals surface area contributed by atoms with Crippen molar-refractivity contribution in [3.05, 3.63) is 0 Å². The van der Waals surface area contributed by atoms with Crippen molar-refractivity contribution in [1.29, 1.82) is 0 Å². The number of thiocarbonyl (C=S) groups is 1. The highest BCUT2D eigenvalue weighted by Crippen LogP contribution is 2.15. The summed E-state index contributed by atoms with van der Waals surface area (Å²) < 4.78 is 5.46. The van der Waals surface area contributed by atoms with Gasteiger partial charge in [0.1, 0.15) is 0 Å². The highest BCUT2D eigenvalue weighted by atomic mass is 32.1. The molecule has 7 heteroatoms. The first-order valence-corrected chi connectivity index (χ1v) is 7.74. The lowest BCUT2D eigenvalue weighted by atomic mass is 10.0. The van der Waals surface area contributed by atoms with E-state index in [2.05, 4.69) is 10.3 Å². The average Bonchev–Trinajstić information content (AvgIpc) is 2.95. The monoisotopic (exact) mass is 311 g/mol. The Labute approximate surface area is 129 Å². The molecule has 2 amide bonds. The van der Waals surface area contributed by atoms with Crippen molar-refractivity contribution in [3.8, 4) is 0 Å². The molecule has 21 heavy (non-hydrogen) atoms. The molecule has 2 heterocycles. The van der Waals surface area contributed by atoms with E-state index in [4.69, 9.17) is 17.0 Å². The number of nitrogens with zero attached hydrogens (tertiary/aromatic N) is 2. The summed E-state index contributed by atoms with van der Waals surface area (Å²) in [5.74, 6) is -1.60. The third kappa shape index (κ3) is 3.65. The number of carbonyl (C=O) groups is 2. The fraction of sp³-hybridized carbons (Fsp3) is 0.714.